The number of nitrogens with zero attached hydrogens (tertiary/aromatic N) is 3. The number of imide groups is 2. The third-order valence-electron chi connectivity index (χ3n) is 3.96. The van der Waals surface area contributed by atoms with Crippen LogP contribution >= 0.6 is 0 Å². The van der Waals surface area contributed by atoms with Crippen molar-refractivity contribution in [3.63, 3.8) is 0 Å². The molecule has 0 aromatic carbocycles. The van der Waals surface area contributed by atoms with E-state index in [1.807, 2.05) is 13.0 Å². The Labute approximate surface area is 135 Å². The van der Waals surface area contributed by atoms with Crippen molar-refractivity contribution >= 4 is 23.8 Å². The molecule has 23 heavy (non-hydrogen) atoms. The predicted molar refractivity (Wildman–Crippen MR) is 80.7 cm³/mol. The molecule has 1 aliphatic heterocycles. The van der Waals surface area contributed by atoms with Crippen molar-refractivity contribution in [2.75, 3.05) is 13.1 Å². The van der Waals surface area contributed by atoms with Gasteiger partial charge in [0.25, 0.3) is 0 Å². The molecule has 0 spiro atoms. The van der Waals surface area contributed by atoms with Gasteiger partial charge in [-0.25, -0.2) is 9.69 Å². The number of nitrogens with one attached hydrogen (secondary N) is 1. The summed E-state index contributed by atoms with van der Waals surface area (Å²) in [6, 6.07) is 1.22. The first-order valence-corrected chi connectivity index (χ1v) is 7.57. The third-order valence-corrected chi connectivity index (χ3v) is 3.96. The molecule has 1 rings (SSSR count). The van der Waals surface area contributed by atoms with Gasteiger partial charge in [0.1, 0.15) is 12.1 Å². The van der Waals surface area contributed by atoms with Crippen LogP contribution in [0.25, 0.3) is 0 Å². The van der Waals surface area contributed by atoms with E-state index in [1.54, 1.807) is 20.8 Å². The SMILES string of the molecule is CCCCN1C(=O)C(=O)N(CC(=O)N[C@@](C)(C#N)C(C)C)C1=O. The van der Waals surface area contributed by atoms with E-state index in [0.717, 1.165) is 11.3 Å². The van der Waals surface area contributed by atoms with Gasteiger partial charge in [-0.1, -0.05) is 27.2 Å². The van der Waals surface area contributed by atoms with Crippen LogP contribution in [-0.4, -0.2) is 52.2 Å². The summed E-state index contributed by atoms with van der Waals surface area (Å²) in [4.78, 5) is 49.3. The summed E-state index contributed by atoms with van der Waals surface area (Å²) in [6.07, 6.45) is 1.35. The van der Waals surface area contributed by atoms with E-state index in [2.05, 4.69) is 5.32 Å². The monoisotopic (exact) mass is 322 g/mol. The number of unbranched alkanes of at least 4 members (excludes halogenated alkanes) is 1. The van der Waals surface area contributed by atoms with Crippen molar-refractivity contribution in [1.29, 1.82) is 5.26 Å². The van der Waals surface area contributed by atoms with Crippen molar-refractivity contribution in [1.82, 2.24) is 15.1 Å². The molecule has 1 heterocycles. The smallest absolute Gasteiger partial charge is 0.334 e. The van der Waals surface area contributed by atoms with Crippen molar-refractivity contribution < 1.29 is 19.2 Å². The minimum Gasteiger partial charge on any atom is -0.336 e. The Morgan fingerprint density at radius 3 is 2.30 bits per heavy atom. The number of nitriles is 1. The van der Waals surface area contributed by atoms with Gasteiger partial charge >= 0.3 is 17.8 Å². The van der Waals surface area contributed by atoms with Crippen LogP contribution in [-0.2, 0) is 14.4 Å². The quantitative estimate of drug-likeness (QED) is 0.546. The number of hydrogen-bond acceptors (Lipinski definition) is 5. The van der Waals surface area contributed by atoms with Crippen LogP contribution in [0.2, 0.25) is 0 Å². The maximum atomic E-state index is 12.1. The maximum absolute atomic E-state index is 12.1. The molecule has 1 fully saturated rings. The van der Waals surface area contributed by atoms with E-state index in [1.165, 1.54) is 0 Å². The summed E-state index contributed by atoms with van der Waals surface area (Å²) in [6.45, 7) is 6.57. The largest absolute Gasteiger partial charge is 0.336 e. The first-order valence-electron chi connectivity index (χ1n) is 7.57. The topological polar surface area (TPSA) is 111 Å². The third kappa shape index (κ3) is 3.86. The van der Waals surface area contributed by atoms with E-state index in [4.69, 9.17) is 0 Å². The molecule has 8 heteroatoms. The van der Waals surface area contributed by atoms with Crippen molar-refractivity contribution in [2.45, 2.75) is 46.1 Å². The second-order valence-electron chi connectivity index (χ2n) is 6.00. The normalized spacial score (nSPS) is 17.5. The fraction of sp³-hybridized carbons (Fsp3) is 0.667. The summed E-state index contributed by atoms with van der Waals surface area (Å²) in [5, 5.41) is 11.7. The Morgan fingerprint density at radius 2 is 1.83 bits per heavy atom. The van der Waals surface area contributed by atoms with E-state index >= 15 is 0 Å². The molecule has 1 N–H and O–H groups in total. The second kappa shape index (κ2) is 7.22. The van der Waals surface area contributed by atoms with Crippen LogP contribution in [0.5, 0.6) is 0 Å². The molecule has 0 aromatic heterocycles. The van der Waals surface area contributed by atoms with Gasteiger partial charge in [0.05, 0.1) is 6.07 Å². The molecule has 1 aliphatic rings. The lowest BCUT2D eigenvalue weighted by atomic mass is 9.90. The number of carbonyl (C=O) groups is 4. The van der Waals surface area contributed by atoms with Gasteiger partial charge in [-0.05, 0) is 19.3 Å². The van der Waals surface area contributed by atoms with Crippen LogP contribution in [0.4, 0.5) is 4.79 Å². The van der Waals surface area contributed by atoms with Gasteiger partial charge in [-0.15, -0.1) is 0 Å². The number of carbonyl (C=O) groups excluding carboxylic acids is 4. The number of rotatable bonds is 7. The van der Waals surface area contributed by atoms with E-state index < -0.39 is 35.8 Å². The second-order valence-corrected chi connectivity index (χ2v) is 6.00. The average Bonchev–Trinajstić information content (AvgIpc) is 2.69. The molecule has 0 saturated carbocycles. The summed E-state index contributed by atoms with van der Waals surface area (Å²) in [7, 11) is 0. The minimum absolute atomic E-state index is 0.153. The predicted octanol–water partition coefficient (Wildman–Crippen LogP) is 0.632. The van der Waals surface area contributed by atoms with E-state index in [9.17, 15) is 24.4 Å². The Balaban J connectivity index is 2.79. The number of amides is 5. The average molecular weight is 322 g/mol. The van der Waals surface area contributed by atoms with E-state index in [-0.39, 0.29) is 12.5 Å². The Kier molecular flexibility index (Phi) is 5.85. The minimum atomic E-state index is -1.12. The molecule has 0 aliphatic carbocycles. The molecule has 0 bridgehead atoms. The highest BCUT2D eigenvalue weighted by atomic mass is 16.2. The Bertz CT molecular complexity index is 566. The summed E-state index contributed by atoms with van der Waals surface area (Å²) in [5.41, 5.74) is -1.12. The van der Waals surface area contributed by atoms with Gasteiger partial charge in [0.2, 0.25) is 5.91 Å². The molecule has 1 saturated heterocycles. The van der Waals surface area contributed by atoms with Gasteiger partial charge in [0.15, 0.2) is 0 Å². The van der Waals surface area contributed by atoms with E-state index in [0.29, 0.717) is 11.3 Å². The lowest BCUT2D eigenvalue weighted by molar-refractivity contribution is -0.144. The van der Waals surface area contributed by atoms with Crippen LogP contribution in [0, 0.1) is 17.2 Å². The summed E-state index contributed by atoms with van der Waals surface area (Å²) >= 11 is 0. The van der Waals surface area contributed by atoms with Gasteiger partial charge in [-0.2, -0.15) is 5.26 Å². The fourth-order valence-electron chi connectivity index (χ4n) is 1.98. The zero-order valence-electron chi connectivity index (χ0n) is 13.9. The molecule has 126 valence electrons. The lowest BCUT2D eigenvalue weighted by Crippen LogP contribution is -2.52. The van der Waals surface area contributed by atoms with Crippen LogP contribution in [0.15, 0.2) is 0 Å². The summed E-state index contributed by atoms with van der Waals surface area (Å²) < 4.78 is 0. The zero-order valence-corrected chi connectivity index (χ0v) is 13.9. The fourth-order valence-corrected chi connectivity index (χ4v) is 1.98. The van der Waals surface area contributed by atoms with Crippen molar-refractivity contribution in [2.24, 2.45) is 5.92 Å². The highest BCUT2D eigenvalue weighted by Crippen LogP contribution is 2.16. The van der Waals surface area contributed by atoms with Crippen LogP contribution < -0.4 is 5.32 Å². The summed E-state index contributed by atoms with van der Waals surface area (Å²) in [5.74, 6) is -2.74. The molecule has 0 radical (unpaired) electrons. The molecular weight excluding hydrogens is 300 g/mol. The van der Waals surface area contributed by atoms with Crippen molar-refractivity contribution in [3.05, 3.63) is 0 Å². The maximum Gasteiger partial charge on any atom is 0.334 e. The molecule has 8 nitrogen and oxygen atoms in total. The Morgan fingerprint density at radius 1 is 1.26 bits per heavy atom. The standard InChI is InChI=1S/C15H22N4O4/c1-5-6-7-18-12(21)13(22)19(14(18)23)8-11(20)17-15(4,9-16)10(2)3/h10H,5-8H2,1-4H3,(H,17,20)/t15-/m0/s1. The Hall–Kier alpha value is -2.43. The molecule has 1 atom stereocenters. The molecule has 0 unspecified atom stereocenters. The van der Waals surface area contributed by atoms with Crippen molar-refractivity contribution in [3.8, 4) is 6.07 Å². The highest BCUT2D eigenvalue weighted by Gasteiger charge is 2.45. The highest BCUT2D eigenvalue weighted by molar-refractivity contribution is 6.45. The van der Waals surface area contributed by atoms with Crippen LogP contribution in [0.1, 0.15) is 40.5 Å². The zero-order chi connectivity index (χ0) is 17.8. The number of urea groups is 1. The molecular formula is C15H22N4O4. The molecule has 5 amide bonds. The number of hydrogen-bond donors (Lipinski definition) is 1. The van der Waals surface area contributed by atoms with Gasteiger partial charge in [0, 0.05) is 6.54 Å². The lowest BCUT2D eigenvalue weighted by Gasteiger charge is -2.28. The molecule has 0 aromatic rings. The first kappa shape index (κ1) is 18.6. The van der Waals surface area contributed by atoms with Crippen LogP contribution in [0.3, 0.4) is 0 Å². The van der Waals surface area contributed by atoms with Gasteiger partial charge < -0.3 is 5.32 Å². The van der Waals surface area contributed by atoms with Gasteiger partial charge in [-0.3, -0.25) is 19.3 Å². The first-order chi connectivity index (χ1) is 10.7.